The molecule has 0 amide bonds. The molecule has 0 fully saturated rings. The van der Waals surface area contributed by atoms with Gasteiger partial charge in [-0.1, -0.05) is 13.0 Å². The molecule has 2 rings (SSSR count). The molecule has 19 heavy (non-hydrogen) atoms. The summed E-state index contributed by atoms with van der Waals surface area (Å²) in [6, 6.07) is 9.35. The summed E-state index contributed by atoms with van der Waals surface area (Å²) in [6.45, 7) is 3.63. The van der Waals surface area contributed by atoms with Crippen LogP contribution in [0.4, 0.5) is 4.39 Å². The molecule has 1 aromatic carbocycles. The topological polar surface area (TPSA) is 21.3 Å². The van der Waals surface area contributed by atoms with E-state index in [0.29, 0.717) is 6.54 Å². The van der Waals surface area contributed by atoms with E-state index >= 15 is 0 Å². The molecule has 4 heteroatoms. The molecule has 2 nitrogen and oxygen atoms in total. The number of ether oxygens (including phenoxy) is 1. The molecule has 0 aliphatic carbocycles. The third-order valence-corrected chi connectivity index (χ3v) is 4.14. The fraction of sp³-hybridized carbons (Fsp3) is 0.333. The van der Waals surface area contributed by atoms with Crippen molar-refractivity contribution < 1.29 is 9.13 Å². The molecule has 0 bridgehead atoms. The fourth-order valence-corrected chi connectivity index (χ4v) is 2.78. The summed E-state index contributed by atoms with van der Waals surface area (Å²) in [6.07, 6.45) is 1.08. The van der Waals surface area contributed by atoms with Crippen LogP contribution >= 0.6 is 11.3 Å². The molecule has 0 saturated heterocycles. The zero-order chi connectivity index (χ0) is 13.7. The third-order valence-electron chi connectivity index (χ3n) is 2.91. The van der Waals surface area contributed by atoms with Gasteiger partial charge in [0, 0.05) is 22.8 Å². The van der Waals surface area contributed by atoms with Crippen molar-refractivity contribution in [1.29, 1.82) is 0 Å². The summed E-state index contributed by atoms with van der Waals surface area (Å²) in [4.78, 5) is 2.71. The second-order valence-corrected chi connectivity index (χ2v) is 5.55. The number of hydrogen-bond acceptors (Lipinski definition) is 3. The molecule has 0 aliphatic rings. The number of methoxy groups -OCH3 is 1. The maximum Gasteiger partial charge on any atom is 0.165 e. The molecule has 0 spiro atoms. The first-order valence-electron chi connectivity index (χ1n) is 6.33. The zero-order valence-corrected chi connectivity index (χ0v) is 12.0. The SMILES string of the molecule is CCc1ccc(CNCc2ccc(OC)c(F)c2)s1. The predicted molar refractivity (Wildman–Crippen MR) is 77.2 cm³/mol. The van der Waals surface area contributed by atoms with Crippen molar-refractivity contribution in [2.75, 3.05) is 7.11 Å². The highest BCUT2D eigenvalue weighted by Gasteiger charge is 2.03. The Morgan fingerprint density at radius 1 is 1.16 bits per heavy atom. The minimum Gasteiger partial charge on any atom is -0.494 e. The Bertz CT molecular complexity index is 539. The molecule has 0 aliphatic heterocycles. The van der Waals surface area contributed by atoms with Crippen LogP contribution in [0.1, 0.15) is 22.2 Å². The van der Waals surface area contributed by atoms with Gasteiger partial charge in [-0.05, 0) is 36.2 Å². The van der Waals surface area contributed by atoms with Gasteiger partial charge >= 0.3 is 0 Å². The summed E-state index contributed by atoms with van der Waals surface area (Å²) in [5.41, 5.74) is 0.922. The number of benzene rings is 1. The second kappa shape index (κ2) is 6.68. The van der Waals surface area contributed by atoms with Crippen molar-refractivity contribution in [3.05, 3.63) is 51.5 Å². The minimum atomic E-state index is -0.314. The van der Waals surface area contributed by atoms with Crippen LogP contribution in [0, 0.1) is 5.82 Å². The van der Waals surface area contributed by atoms with Crippen molar-refractivity contribution in [2.24, 2.45) is 0 Å². The van der Waals surface area contributed by atoms with Gasteiger partial charge in [0.15, 0.2) is 11.6 Å². The summed E-state index contributed by atoms with van der Waals surface area (Å²) in [5.74, 6) is -0.0270. The van der Waals surface area contributed by atoms with Crippen LogP contribution in [0.15, 0.2) is 30.3 Å². The number of thiophene rings is 1. The van der Waals surface area contributed by atoms with Crippen LogP contribution in [0.5, 0.6) is 5.75 Å². The number of aryl methyl sites for hydroxylation is 1. The van der Waals surface area contributed by atoms with Gasteiger partial charge in [-0.3, -0.25) is 0 Å². The Kier molecular flexibility index (Phi) is 4.93. The Morgan fingerprint density at radius 3 is 2.58 bits per heavy atom. The van der Waals surface area contributed by atoms with E-state index in [1.807, 2.05) is 17.4 Å². The van der Waals surface area contributed by atoms with Crippen molar-refractivity contribution in [2.45, 2.75) is 26.4 Å². The van der Waals surface area contributed by atoms with E-state index in [9.17, 15) is 4.39 Å². The molecule has 0 unspecified atom stereocenters. The van der Waals surface area contributed by atoms with Crippen LogP contribution in [-0.4, -0.2) is 7.11 Å². The molecule has 0 atom stereocenters. The summed E-state index contributed by atoms with van der Waals surface area (Å²) in [7, 11) is 1.47. The third kappa shape index (κ3) is 3.78. The summed E-state index contributed by atoms with van der Waals surface area (Å²) >= 11 is 1.82. The van der Waals surface area contributed by atoms with Gasteiger partial charge in [-0.25, -0.2) is 4.39 Å². The van der Waals surface area contributed by atoms with Gasteiger partial charge in [-0.2, -0.15) is 0 Å². The Labute approximate surface area is 117 Å². The first kappa shape index (κ1) is 14.0. The predicted octanol–water partition coefficient (Wildman–Crippen LogP) is 3.75. The van der Waals surface area contributed by atoms with Crippen LogP contribution < -0.4 is 10.1 Å². The lowest BCUT2D eigenvalue weighted by Crippen LogP contribution is -2.11. The van der Waals surface area contributed by atoms with Crippen LogP contribution in [0.2, 0.25) is 0 Å². The van der Waals surface area contributed by atoms with Crippen LogP contribution in [-0.2, 0) is 19.5 Å². The first-order valence-corrected chi connectivity index (χ1v) is 7.15. The molecule has 1 aromatic heterocycles. The molecular formula is C15H18FNOS. The monoisotopic (exact) mass is 279 g/mol. The first-order chi connectivity index (χ1) is 9.22. The molecule has 1 N–H and O–H groups in total. The normalized spacial score (nSPS) is 10.7. The Morgan fingerprint density at radius 2 is 1.95 bits per heavy atom. The zero-order valence-electron chi connectivity index (χ0n) is 11.2. The summed E-state index contributed by atoms with van der Waals surface area (Å²) < 4.78 is 18.4. The van der Waals surface area contributed by atoms with Crippen molar-refractivity contribution in [3.63, 3.8) is 0 Å². The molecular weight excluding hydrogens is 261 g/mol. The largest absolute Gasteiger partial charge is 0.494 e. The number of rotatable bonds is 6. The standard InChI is InChI=1S/C15H18FNOS/c1-3-12-5-6-13(19-12)10-17-9-11-4-7-15(18-2)14(16)8-11/h4-8,17H,3,9-10H2,1-2H3. The number of hydrogen-bond donors (Lipinski definition) is 1. The molecule has 1 heterocycles. The quantitative estimate of drug-likeness (QED) is 0.869. The van der Waals surface area contributed by atoms with Gasteiger partial charge in [0.25, 0.3) is 0 Å². The van der Waals surface area contributed by atoms with E-state index in [0.717, 1.165) is 18.5 Å². The van der Waals surface area contributed by atoms with E-state index in [1.54, 1.807) is 6.07 Å². The van der Waals surface area contributed by atoms with E-state index in [-0.39, 0.29) is 11.6 Å². The highest BCUT2D eigenvalue weighted by atomic mass is 32.1. The van der Waals surface area contributed by atoms with E-state index in [2.05, 4.69) is 24.4 Å². The average Bonchev–Trinajstić information content (AvgIpc) is 2.87. The highest BCUT2D eigenvalue weighted by Crippen LogP contribution is 2.19. The maximum absolute atomic E-state index is 13.5. The molecule has 0 saturated carbocycles. The minimum absolute atomic E-state index is 0.287. The van der Waals surface area contributed by atoms with Gasteiger partial charge in [-0.15, -0.1) is 11.3 Å². The lowest BCUT2D eigenvalue weighted by atomic mass is 10.2. The van der Waals surface area contributed by atoms with Crippen LogP contribution in [0.3, 0.4) is 0 Å². The molecule has 2 aromatic rings. The lowest BCUT2D eigenvalue weighted by Gasteiger charge is -2.06. The van der Waals surface area contributed by atoms with Crippen molar-refractivity contribution >= 4 is 11.3 Å². The van der Waals surface area contributed by atoms with Gasteiger partial charge in [0.1, 0.15) is 0 Å². The second-order valence-electron chi connectivity index (χ2n) is 4.29. The van der Waals surface area contributed by atoms with Crippen molar-refractivity contribution in [1.82, 2.24) is 5.32 Å². The van der Waals surface area contributed by atoms with E-state index in [1.165, 1.54) is 22.9 Å². The number of halogens is 1. The average molecular weight is 279 g/mol. The highest BCUT2D eigenvalue weighted by molar-refractivity contribution is 7.11. The Balaban J connectivity index is 1.87. The molecule has 102 valence electrons. The van der Waals surface area contributed by atoms with Gasteiger partial charge in [0.2, 0.25) is 0 Å². The van der Waals surface area contributed by atoms with E-state index < -0.39 is 0 Å². The van der Waals surface area contributed by atoms with E-state index in [4.69, 9.17) is 4.74 Å². The maximum atomic E-state index is 13.5. The lowest BCUT2D eigenvalue weighted by molar-refractivity contribution is 0.386. The molecule has 0 radical (unpaired) electrons. The van der Waals surface area contributed by atoms with Crippen molar-refractivity contribution in [3.8, 4) is 5.75 Å². The summed E-state index contributed by atoms with van der Waals surface area (Å²) in [5, 5.41) is 3.32. The van der Waals surface area contributed by atoms with Gasteiger partial charge in [0.05, 0.1) is 7.11 Å². The fourth-order valence-electron chi connectivity index (χ4n) is 1.86. The van der Waals surface area contributed by atoms with Gasteiger partial charge < -0.3 is 10.1 Å². The Hall–Kier alpha value is -1.39. The van der Waals surface area contributed by atoms with Crippen LogP contribution in [0.25, 0.3) is 0 Å². The number of nitrogens with one attached hydrogen (secondary N) is 1. The smallest absolute Gasteiger partial charge is 0.165 e.